The Balaban J connectivity index is 0.000000604. The number of aryl methyl sites for hydroxylation is 2. The molecule has 0 saturated heterocycles. The summed E-state index contributed by atoms with van der Waals surface area (Å²) in [6.07, 6.45) is 15.2. The van der Waals surface area contributed by atoms with E-state index in [-0.39, 0.29) is 0 Å². The number of benzene rings is 2. The Morgan fingerprint density at radius 2 is 1.05 bits per heavy atom. The summed E-state index contributed by atoms with van der Waals surface area (Å²) >= 11 is 1.90. The first-order valence-electron chi connectivity index (χ1n) is 14.7. The molecule has 0 saturated carbocycles. The SMILES string of the molecule is CCCCC1=C(c2ccc(CCCC)cc2)[N+](=[N-])C(c2ccc(CCCC)cc2)=C1.CC[CH2][Ni][CH2]CC. The maximum absolute atomic E-state index is 11.2. The van der Waals surface area contributed by atoms with Gasteiger partial charge in [-0.2, -0.15) is 0 Å². The van der Waals surface area contributed by atoms with Crippen molar-refractivity contribution in [3.63, 3.8) is 0 Å². The third kappa shape index (κ3) is 10.4. The second-order valence-electron chi connectivity index (χ2n) is 9.89. The van der Waals surface area contributed by atoms with Crippen molar-refractivity contribution in [1.82, 2.24) is 0 Å². The minimum atomic E-state index is 0.883. The van der Waals surface area contributed by atoms with Crippen LogP contribution < -0.4 is 0 Å². The van der Waals surface area contributed by atoms with Gasteiger partial charge >= 0.3 is 51.9 Å². The zero-order valence-corrected chi connectivity index (χ0v) is 25.1. The molecule has 0 amide bonds. The predicted molar refractivity (Wildman–Crippen MR) is 158 cm³/mol. The molecule has 0 unspecified atom stereocenters. The van der Waals surface area contributed by atoms with Crippen LogP contribution in [0.2, 0.25) is 10.8 Å². The molecule has 37 heavy (non-hydrogen) atoms. The number of nitrogens with zero attached hydrogens (tertiary/aromatic N) is 2. The molecule has 0 radical (unpaired) electrons. The molecule has 1 aliphatic heterocycles. The van der Waals surface area contributed by atoms with E-state index in [0.717, 1.165) is 54.6 Å². The van der Waals surface area contributed by atoms with E-state index in [1.165, 1.54) is 70.7 Å². The van der Waals surface area contributed by atoms with Crippen molar-refractivity contribution >= 4 is 11.4 Å². The van der Waals surface area contributed by atoms with Gasteiger partial charge in [0.05, 0.1) is 0 Å². The number of hydrogen-bond donors (Lipinski definition) is 0. The fourth-order valence-electron chi connectivity index (χ4n) is 4.36. The Bertz CT molecular complexity index is 979. The third-order valence-electron chi connectivity index (χ3n) is 6.51. The maximum atomic E-state index is 11.2. The van der Waals surface area contributed by atoms with Crippen LogP contribution in [0.15, 0.2) is 60.2 Å². The molecule has 0 aliphatic carbocycles. The molecule has 0 N–H and O–H groups in total. The van der Waals surface area contributed by atoms with Crippen LogP contribution in [0, 0.1) is 0 Å². The van der Waals surface area contributed by atoms with Gasteiger partial charge in [0, 0.05) is 22.8 Å². The van der Waals surface area contributed by atoms with Gasteiger partial charge in [-0.3, -0.25) is 0 Å². The van der Waals surface area contributed by atoms with E-state index in [1.54, 1.807) is 0 Å². The molecule has 1 heterocycles. The average Bonchev–Trinajstić information content (AvgIpc) is 3.26. The second kappa shape index (κ2) is 18.3. The molecule has 206 valence electrons. The molecule has 0 aromatic heterocycles. The van der Waals surface area contributed by atoms with Crippen molar-refractivity contribution < 1.29 is 19.1 Å². The molecular formula is C34H50N2Ni. The van der Waals surface area contributed by atoms with Crippen molar-refractivity contribution in [2.24, 2.45) is 0 Å². The van der Waals surface area contributed by atoms with E-state index in [9.17, 15) is 5.53 Å². The van der Waals surface area contributed by atoms with Gasteiger partial charge in [0.25, 0.3) is 0 Å². The van der Waals surface area contributed by atoms with Crippen LogP contribution in [0.4, 0.5) is 0 Å². The fourth-order valence-corrected chi connectivity index (χ4v) is 5.30. The van der Waals surface area contributed by atoms with E-state index in [0.29, 0.717) is 0 Å². The van der Waals surface area contributed by atoms with Crippen molar-refractivity contribution in [3.8, 4) is 0 Å². The molecule has 0 bridgehead atoms. The van der Waals surface area contributed by atoms with Crippen LogP contribution in [0.3, 0.4) is 0 Å². The summed E-state index contributed by atoms with van der Waals surface area (Å²) in [5, 5.41) is 2.72. The number of rotatable bonds is 15. The summed E-state index contributed by atoms with van der Waals surface area (Å²) in [6, 6.07) is 17.5. The minimum absolute atomic E-state index is 0.883. The monoisotopic (exact) mass is 544 g/mol. The van der Waals surface area contributed by atoms with Crippen LogP contribution in [-0.2, 0) is 27.3 Å². The van der Waals surface area contributed by atoms with E-state index in [1.807, 2.05) is 14.4 Å². The van der Waals surface area contributed by atoms with Crippen molar-refractivity contribution in [2.75, 3.05) is 0 Å². The number of hydrogen-bond acceptors (Lipinski definition) is 0. The van der Waals surface area contributed by atoms with E-state index < -0.39 is 0 Å². The Kier molecular flexibility index (Phi) is 15.4. The summed E-state index contributed by atoms with van der Waals surface area (Å²) in [7, 11) is 0. The van der Waals surface area contributed by atoms with Gasteiger partial charge < -0.3 is 5.53 Å². The van der Waals surface area contributed by atoms with Crippen LogP contribution in [0.1, 0.15) is 115 Å². The predicted octanol–water partition coefficient (Wildman–Crippen LogP) is 11.1. The topological polar surface area (TPSA) is 25.3 Å². The molecule has 0 atom stereocenters. The van der Waals surface area contributed by atoms with Crippen molar-refractivity contribution in [3.05, 3.63) is 88.0 Å². The Labute approximate surface area is 234 Å². The van der Waals surface area contributed by atoms with Crippen molar-refractivity contribution in [1.29, 1.82) is 0 Å². The summed E-state index contributed by atoms with van der Waals surface area (Å²) < 4.78 is 1.41. The van der Waals surface area contributed by atoms with Gasteiger partial charge in [-0.1, -0.05) is 64.3 Å². The Hall–Kier alpha value is -1.99. The first kappa shape index (κ1) is 31.2. The van der Waals surface area contributed by atoms with Crippen LogP contribution >= 0.6 is 0 Å². The molecule has 3 heteroatoms. The first-order valence-corrected chi connectivity index (χ1v) is 16.1. The van der Waals surface area contributed by atoms with Crippen LogP contribution in [-0.4, -0.2) is 4.70 Å². The molecule has 3 rings (SSSR count). The number of unbranched alkanes of at least 4 members (excludes halogenated alkanes) is 3. The van der Waals surface area contributed by atoms with Gasteiger partial charge in [0.1, 0.15) is 0 Å². The fraction of sp³-hybridized carbons (Fsp3) is 0.529. The Morgan fingerprint density at radius 3 is 1.51 bits per heavy atom. The molecule has 1 aliphatic rings. The van der Waals surface area contributed by atoms with E-state index >= 15 is 0 Å². The average molecular weight is 545 g/mol. The summed E-state index contributed by atoms with van der Waals surface area (Å²) in [5.41, 5.74) is 19.1. The number of allylic oxidation sites excluding steroid dienone is 2. The zero-order valence-electron chi connectivity index (χ0n) is 24.1. The first-order chi connectivity index (χ1) is 18.1. The van der Waals surface area contributed by atoms with Crippen LogP contribution in [0.25, 0.3) is 16.9 Å². The van der Waals surface area contributed by atoms with Gasteiger partial charge in [0.2, 0.25) is 11.4 Å². The van der Waals surface area contributed by atoms with E-state index in [2.05, 4.69) is 89.2 Å². The van der Waals surface area contributed by atoms with Gasteiger partial charge in [-0.25, -0.2) is 4.70 Å². The van der Waals surface area contributed by atoms with Crippen molar-refractivity contribution in [2.45, 2.75) is 116 Å². The quantitative estimate of drug-likeness (QED) is 0.121. The normalized spacial score (nSPS) is 13.1. The second-order valence-corrected chi connectivity index (χ2v) is 11.4. The molecule has 0 fully saturated rings. The molecule has 0 spiro atoms. The summed E-state index contributed by atoms with van der Waals surface area (Å²) in [5.74, 6) is 0. The van der Waals surface area contributed by atoms with Gasteiger partial charge in [0.15, 0.2) is 0 Å². The molecular weight excluding hydrogens is 495 g/mol. The van der Waals surface area contributed by atoms with Gasteiger partial charge in [-0.15, -0.1) is 0 Å². The third-order valence-corrected chi connectivity index (χ3v) is 8.20. The molecule has 2 aromatic carbocycles. The zero-order chi connectivity index (χ0) is 26.9. The van der Waals surface area contributed by atoms with Crippen LogP contribution in [0.5, 0.6) is 0 Å². The summed E-state index contributed by atoms with van der Waals surface area (Å²) in [6.45, 7) is 11.1. The Morgan fingerprint density at radius 1 is 0.595 bits per heavy atom. The molecule has 2 nitrogen and oxygen atoms in total. The van der Waals surface area contributed by atoms with E-state index in [4.69, 9.17) is 0 Å². The standard InChI is InChI=1S/C28H36N2.2C3H7.Ni/c1-4-7-10-22-13-17-24(18-14-22)27-21-26(12-9-6-3)28(30(27)29)25-19-15-23(16-20-25)11-8-5-2;2*1-3-2;/h13-21H,4-12H2,1-3H3;2*1,3H2,2H3;. The van der Waals surface area contributed by atoms with Gasteiger partial charge in [-0.05, 0) is 73.9 Å². The molecule has 2 aromatic rings. The summed E-state index contributed by atoms with van der Waals surface area (Å²) in [4.78, 5) is 0.